The van der Waals surface area contributed by atoms with Crippen LogP contribution in [0.15, 0.2) is 36.4 Å². The largest absolute Gasteiger partial charge is 0.478 e. The summed E-state index contributed by atoms with van der Waals surface area (Å²) in [6.07, 6.45) is 0. The fraction of sp³-hybridized carbons (Fsp3) is 0. The maximum Gasteiger partial charge on any atom is 0.338 e. The maximum atomic E-state index is 13.5. The molecule has 0 aliphatic carbocycles. The molecule has 2 rings (SSSR count). The summed E-state index contributed by atoms with van der Waals surface area (Å²) in [7, 11) is 0. The van der Waals surface area contributed by atoms with Crippen LogP contribution in [0, 0.1) is 23.0 Å². The molecule has 0 amide bonds. The van der Waals surface area contributed by atoms with Crippen LogP contribution in [0.5, 0.6) is 0 Å². The lowest BCUT2D eigenvalue weighted by Crippen LogP contribution is -2.00. The first kappa shape index (κ1) is 12.7. The lowest BCUT2D eigenvalue weighted by Gasteiger charge is -2.05. The van der Waals surface area contributed by atoms with Gasteiger partial charge in [0.15, 0.2) is 0 Å². The standard InChI is InChI=1S/C14H7F2NO2/c15-11-4-8(7-17)3-10(5-11)9-1-2-12(14(18)19)13(16)6-9/h1-6H,(H,18,19). The fourth-order valence-electron chi connectivity index (χ4n) is 1.69. The summed E-state index contributed by atoms with van der Waals surface area (Å²) in [5, 5.41) is 17.4. The molecular formula is C14H7F2NO2. The third-order valence-electron chi connectivity index (χ3n) is 2.56. The Labute approximate surface area is 107 Å². The SMILES string of the molecule is N#Cc1cc(F)cc(-c2ccc(C(=O)O)c(F)c2)c1. The van der Waals surface area contributed by atoms with E-state index in [1.807, 2.05) is 0 Å². The van der Waals surface area contributed by atoms with Gasteiger partial charge in [0.2, 0.25) is 0 Å². The van der Waals surface area contributed by atoms with Crippen LogP contribution in [0.4, 0.5) is 8.78 Å². The third-order valence-corrected chi connectivity index (χ3v) is 2.56. The number of carboxylic acid groups (broad SMARTS) is 1. The zero-order valence-corrected chi connectivity index (χ0v) is 9.52. The molecule has 1 N–H and O–H groups in total. The van der Waals surface area contributed by atoms with E-state index in [2.05, 4.69) is 0 Å². The Balaban J connectivity index is 2.54. The van der Waals surface area contributed by atoms with Crippen LogP contribution >= 0.6 is 0 Å². The quantitative estimate of drug-likeness (QED) is 0.900. The first-order valence-corrected chi connectivity index (χ1v) is 5.25. The molecule has 0 bridgehead atoms. The molecule has 0 aliphatic heterocycles. The molecule has 0 fully saturated rings. The first-order valence-electron chi connectivity index (χ1n) is 5.25. The number of aromatic carboxylic acids is 1. The van der Waals surface area contributed by atoms with Crippen LogP contribution in [0.25, 0.3) is 11.1 Å². The summed E-state index contributed by atoms with van der Waals surface area (Å²) < 4.78 is 26.8. The zero-order valence-electron chi connectivity index (χ0n) is 9.52. The summed E-state index contributed by atoms with van der Waals surface area (Å²) in [4.78, 5) is 10.7. The summed E-state index contributed by atoms with van der Waals surface area (Å²) in [6, 6.07) is 8.87. The van der Waals surface area contributed by atoms with Gasteiger partial charge in [-0.05, 0) is 41.5 Å². The van der Waals surface area contributed by atoms with Crippen molar-refractivity contribution in [3.05, 3.63) is 59.2 Å². The van der Waals surface area contributed by atoms with Gasteiger partial charge in [0, 0.05) is 0 Å². The Morgan fingerprint density at radius 1 is 1.11 bits per heavy atom. The summed E-state index contributed by atoms with van der Waals surface area (Å²) >= 11 is 0. The Morgan fingerprint density at radius 2 is 1.84 bits per heavy atom. The van der Waals surface area contributed by atoms with Crippen molar-refractivity contribution in [3.8, 4) is 17.2 Å². The number of carbonyl (C=O) groups is 1. The molecular weight excluding hydrogens is 252 g/mol. The lowest BCUT2D eigenvalue weighted by molar-refractivity contribution is 0.0692. The van der Waals surface area contributed by atoms with Crippen molar-refractivity contribution in [2.75, 3.05) is 0 Å². The van der Waals surface area contributed by atoms with E-state index in [4.69, 9.17) is 10.4 Å². The monoisotopic (exact) mass is 259 g/mol. The Bertz CT molecular complexity index is 705. The molecule has 2 aromatic rings. The molecule has 94 valence electrons. The number of carboxylic acids is 1. The van der Waals surface area contributed by atoms with Gasteiger partial charge < -0.3 is 5.11 Å². The highest BCUT2D eigenvalue weighted by Crippen LogP contribution is 2.24. The number of nitriles is 1. The topological polar surface area (TPSA) is 61.1 Å². The van der Waals surface area contributed by atoms with Crippen LogP contribution in [-0.2, 0) is 0 Å². The van der Waals surface area contributed by atoms with Crippen LogP contribution in [0.3, 0.4) is 0 Å². The second kappa shape index (κ2) is 4.86. The number of hydrogen-bond acceptors (Lipinski definition) is 2. The van der Waals surface area contributed by atoms with Gasteiger partial charge in [-0.1, -0.05) is 6.07 Å². The van der Waals surface area contributed by atoms with E-state index in [-0.39, 0.29) is 5.56 Å². The van der Waals surface area contributed by atoms with Gasteiger partial charge in [0.25, 0.3) is 0 Å². The van der Waals surface area contributed by atoms with E-state index in [0.717, 1.165) is 24.3 Å². The number of rotatable bonds is 2. The highest BCUT2D eigenvalue weighted by Gasteiger charge is 2.12. The van der Waals surface area contributed by atoms with Crippen LogP contribution in [0.1, 0.15) is 15.9 Å². The number of nitrogens with zero attached hydrogens (tertiary/aromatic N) is 1. The van der Waals surface area contributed by atoms with Gasteiger partial charge >= 0.3 is 5.97 Å². The Kier molecular flexibility index (Phi) is 3.25. The molecule has 0 unspecified atom stereocenters. The average molecular weight is 259 g/mol. The van der Waals surface area contributed by atoms with Gasteiger partial charge in [0.05, 0.1) is 17.2 Å². The smallest absolute Gasteiger partial charge is 0.338 e. The first-order chi connectivity index (χ1) is 9.01. The molecule has 5 heteroatoms. The van der Waals surface area contributed by atoms with E-state index >= 15 is 0 Å². The van der Waals surface area contributed by atoms with Crippen molar-refractivity contribution in [1.29, 1.82) is 5.26 Å². The summed E-state index contributed by atoms with van der Waals surface area (Å²) in [5.41, 5.74) is 0.268. The van der Waals surface area contributed by atoms with E-state index in [0.29, 0.717) is 11.1 Å². The molecule has 19 heavy (non-hydrogen) atoms. The van der Waals surface area contributed by atoms with E-state index < -0.39 is 23.2 Å². The van der Waals surface area contributed by atoms with Crippen molar-refractivity contribution >= 4 is 5.97 Å². The molecule has 0 atom stereocenters. The second-order valence-corrected chi connectivity index (χ2v) is 3.84. The molecule has 0 saturated carbocycles. The van der Waals surface area contributed by atoms with Gasteiger partial charge in [-0.3, -0.25) is 0 Å². The highest BCUT2D eigenvalue weighted by atomic mass is 19.1. The zero-order chi connectivity index (χ0) is 14.0. The van der Waals surface area contributed by atoms with E-state index in [1.54, 1.807) is 6.07 Å². The van der Waals surface area contributed by atoms with Gasteiger partial charge in [-0.15, -0.1) is 0 Å². The molecule has 0 aromatic heterocycles. The van der Waals surface area contributed by atoms with Crippen molar-refractivity contribution in [3.63, 3.8) is 0 Å². The predicted molar refractivity (Wildman–Crippen MR) is 63.5 cm³/mol. The normalized spacial score (nSPS) is 9.95. The van der Waals surface area contributed by atoms with Crippen molar-refractivity contribution in [2.45, 2.75) is 0 Å². The molecule has 0 heterocycles. The maximum absolute atomic E-state index is 13.5. The summed E-state index contributed by atoms with van der Waals surface area (Å²) in [6.45, 7) is 0. The predicted octanol–water partition coefficient (Wildman–Crippen LogP) is 3.20. The molecule has 0 radical (unpaired) electrons. The molecule has 0 aliphatic rings. The fourth-order valence-corrected chi connectivity index (χ4v) is 1.69. The number of benzene rings is 2. The minimum absolute atomic E-state index is 0.109. The van der Waals surface area contributed by atoms with Crippen LogP contribution in [-0.4, -0.2) is 11.1 Å². The molecule has 0 spiro atoms. The van der Waals surface area contributed by atoms with E-state index in [9.17, 15) is 13.6 Å². The molecule has 0 saturated heterocycles. The second-order valence-electron chi connectivity index (χ2n) is 3.84. The van der Waals surface area contributed by atoms with Crippen molar-refractivity contribution in [2.24, 2.45) is 0 Å². The minimum atomic E-state index is -1.37. The van der Waals surface area contributed by atoms with E-state index in [1.165, 1.54) is 12.1 Å². The lowest BCUT2D eigenvalue weighted by atomic mass is 10.0. The molecule has 3 nitrogen and oxygen atoms in total. The van der Waals surface area contributed by atoms with Gasteiger partial charge in [-0.2, -0.15) is 5.26 Å². The van der Waals surface area contributed by atoms with Crippen molar-refractivity contribution < 1.29 is 18.7 Å². The third kappa shape index (κ3) is 2.58. The summed E-state index contributed by atoms with van der Waals surface area (Å²) in [5.74, 6) is -2.90. The van der Waals surface area contributed by atoms with Crippen molar-refractivity contribution in [1.82, 2.24) is 0 Å². The van der Waals surface area contributed by atoms with Crippen LogP contribution < -0.4 is 0 Å². The number of hydrogen-bond donors (Lipinski definition) is 1. The minimum Gasteiger partial charge on any atom is -0.478 e. The number of halogens is 2. The Hall–Kier alpha value is -2.74. The molecule has 2 aromatic carbocycles. The Morgan fingerprint density at radius 3 is 2.42 bits per heavy atom. The van der Waals surface area contributed by atoms with Gasteiger partial charge in [0.1, 0.15) is 11.6 Å². The average Bonchev–Trinajstić information content (AvgIpc) is 2.37. The highest BCUT2D eigenvalue weighted by molar-refractivity contribution is 5.88. The van der Waals surface area contributed by atoms with Gasteiger partial charge in [-0.25, -0.2) is 13.6 Å². The van der Waals surface area contributed by atoms with Crippen LogP contribution in [0.2, 0.25) is 0 Å².